The van der Waals surface area contributed by atoms with Gasteiger partial charge in [0, 0.05) is 12.1 Å². The normalized spacial score (nSPS) is 20.2. The summed E-state index contributed by atoms with van der Waals surface area (Å²) in [5, 5.41) is 10.0. The molecule has 17 heavy (non-hydrogen) atoms. The molecule has 1 aliphatic heterocycles. The molecule has 1 saturated heterocycles. The predicted octanol–water partition coefficient (Wildman–Crippen LogP) is 1.05. The molecule has 0 unspecified atom stereocenters. The van der Waals surface area contributed by atoms with Gasteiger partial charge in [0.1, 0.15) is 5.76 Å². The summed E-state index contributed by atoms with van der Waals surface area (Å²) in [6, 6.07) is -0.0378. The molecule has 0 saturated carbocycles. The van der Waals surface area contributed by atoms with Crippen LogP contribution in [0.2, 0.25) is 0 Å². The van der Waals surface area contributed by atoms with E-state index in [1.54, 1.807) is 0 Å². The molecule has 0 aromatic carbocycles. The number of amides is 1. The fourth-order valence-electron chi connectivity index (χ4n) is 2.13. The van der Waals surface area contributed by atoms with E-state index >= 15 is 0 Å². The maximum Gasteiger partial charge on any atom is 0.237 e. The predicted molar refractivity (Wildman–Crippen MR) is 63.5 cm³/mol. The van der Waals surface area contributed by atoms with Gasteiger partial charge in [-0.2, -0.15) is 0 Å². The first-order chi connectivity index (χ1) is 8.18. The first kappa shape index (κ1) is 12.1. The van der Waals surface area contributed by atoms with Gasteiger partial charge in [-0.3, -0.25) is 4.79 Å². The standard InChI is InChI=1S/C12H19N3O2/c1-8-10(9(2)17-15-8)7-14-12(16)11-5-3-4-6-13-11/h11,13H,3-7H2,1-2H3,(H,14,16)/t11-/m1/s1. The van der Waals surface area contributed by atoms with E-state index in [2.05, 4.69) is 15.8 Å². The first-order valence-corrected chi connectivity index (χ1v) is 6.11. The third-order valence-corrected chi connectivity index (χ3v) is 3.25. The maximum atomic E-state index is 11.9. The number of piperidine rings is 1. The van der Waals surface area contributed by atoms with Crippen LogP contribution in [0.4, 0.5) is 0 Å². The smallest absolute Gasteiger partial charge is 0.237 e. The van der Waals surface area contributed by atoms with E-state index in [4.69, 9.17) is 4.52 Å². The molecule has 0 radical (unpaired) electrons. The Kier molecular flexibility index (Phi) is 3.78. The highest BCUT2D eigenvalue weighted by atomic mass is 16.5. The second kappa shape index (κ2) is 5.31. The molecule has 0 aliphatic carbocycles. The quantitative estimate of drug-likeness (QED) is 0.824. The van der Waals surface area contributed by atoms with Crippen LogP contribution in [0.5, 0.6) is 0 Å². The van der Waals surface area contributed by atoms with E-state index in [-0.39, 0.29) is 11.9 Å². The van der Waals surface area contributed by atoms with Crippen molar-refractivity contribution < 1.29 is 9.32 Å². The average molecular weight is 237 g/mol. The minimum atomic E-state index is -0.0378. The lowest BCUT2D eigenvalue weighted by atomic mass is 10.0. The van der Waals surface area contributed by atoms with Crippen LogP contribution in [0.25, 0.3) is 0 Å². The Labute approximate surface area is 101 Å². The Morgan fingerprint density at radius 2 is 2.35 bits per heavy atom. The summed E-state index contributed by atoms with van der Waals surface area (Å²) in [5.74, 6) is 0.851. The van der Waals surface area contributed by atoms with E-state index < -0.39 is 0 Å². The number of hydrogen-bond donors (Lipinski definition) is 2. The Hall–Kier alpha value is -1.36. The van der Waals surface area contributed by atoms with Crippen molar-refractivity contribution in [1.82, 2.24) is 15.8 Å². The Morgan fingerprint density at radius 1 is 1.53 bits per heavy atom. The average Bonchev–Trinajstić information content (AvgIpc) is 2.67. The monoisotopic (exact) mass is 237 g/mol. The van der Waals surface area contributed by atoms with Gasteiger partial charge in [0.15, 0.2) is 0 Å². The van der Waals surface area contributed by atoms with Crippen molar-refractivity contribution in [3.05, 3.63) is 17.0 Å². The Morgan fingerprint density at radius 3 is 2.94 bits per heavy atom. The highest BCUT2D eigenvalue weighted by Crippen LogP contribution is 2.12. The van der Waals surface area contributed by atoms with Gasteiger partial charge in [-0.1, -0.05) is 11.6 Å². The molecule has 0 spiro atoms. The summed E-state index contributed by atoms with van der Waals surface area (Å²) in [6.07, 6.45) is 3.21. The van der Waals surface area contributed by atoms with Gasteiger partial charge in [0.05, 0.1) is 11.7 Å². The van der Waals surface area contributed by atoms with Crippen molar-refractivity contribution in [1.29, 1.82) is 0 Å². The van der Waals surface area contributed by atoms with Crippen LogP contribution in [-0.2, 0) is 11.3 Å². The minimum Gasteiger partial charge on any atom is -0.361 e. The van der Waals surface area contributed by atoms with Crippen LogP contribution in [0.3, 0.4) is 0 Å². The van der Waals surface area contributed by atoms with Crippen LogP contribution < -0.4 is 10.6 Å². The van der Waals surface area contributed by atoms with Crippen LogP contribution >= 0.6 is 0 Å². The molecule has 94 valence electrons. The molecule has 2 N–H and O–H groups in total. The molecule has 2 rings (SSSR count). The zero-order valence-corrected chi connectivity index (χ0v) is 10.4. The molecule has 1 atom stereocenters. The van der Waals surface area contributed by atoms with E-state index in [1.807, 2.05) is 13.8 Å². The number of aromatic nitrogens is 1. The Bertz CT molecular complexity index is 375. The second-order valence-electron chi connectivity index (χ2n) is 4.52. The summed E-state index contributed by atoms with van der Waals surface area (Å²) in [7, 11) is 0. The zero-order valence-electron chi connectivity index (χ0n) is 10.4. The van der Waals surface area contributed by atoms with Gasteiger partial charge in [0.25, 0.3) is 0 Å². The van der Waals surface area contributed by atoms with Gasteiger partial charge in [-0.15, -0.1) is 0 Å². The summed E-state index contributed by atoms with van der Waals surface area (Å²) in [6.45, 7) is 5.18. The molecule has 1 aliphatic rings. The van der Waals surface area contributed by atoms with Crippen molar-refractivity contribution in [2.45, 2.75) is 45.7 Å². The molecule has 1 aromatic heterocycles. The molecule has 1 amide bonds. The van der Waals surface area contributed by atoms with Crippen LogP contribution in [0.15, 0.2) is 4.52 Å². The van der Waals surface area contributed by atoms with Crippen molar-refractivity contribution in [3.63, 3.8) is 0 Å². The number of carbonyl (C=O) groups excluding carboxylic acids is 1. The third kappa shape index (κ3) is 2.85. The molecule has 2 heterocycles. The molecule has 5 heteroatoms. The van der Waals surface area contributed by atoms with Gasteiger partial charge in [0.2, 0.25) is 5.91 Å². The van der Waals surface area contributed by atoms with Crippen molar-refractivity contribution in [2.75, 3.05) is 6.54 Å². The van der Waals surface area contributed by atoms with Gasteiger partial charge in [-0.25, -0.2) is 0 Å². The number of nitrogens with zero attached hydrogens (tertiary/aromatic N) is 1. The molecular weight excluding hydrogens is 218 g/mol. The lowest BCUT2D eigenvalue weighted by molar-refractivity contribution is -0.123. The van der Waals surface area contributed by atoms with Crippen LogP contribution in [-0.4, -0.2) is 23.7 Å². The van der Waals surface area contributed by atoms with Gasteiger partial charge < -0.3 is 15.2 Å². The zero-order chi connectivity index (χ0) is 12.3. The molecule has 1 aromatic rings. The SMILES string of the molecule is Cc1noc(C)c1CNC(=O)[C@H]1CCCCN1. The van der Waals surface area contributed by atoms with Crippen molar-refractivity contribution in [3.8, 4) is 0 Å². The Balaban J connectivity index is 1.87. The molecular formula is C12H19N3O2. The van der Waals surface area contributed by atoms with E-state index in [9.17, 15) is 4.79 Å². The first-order valence-electron chi connectivity index (χ1n) is 6.11. The number of carbonyl (C=O) groups is 1. The summed E-state index contributed by atoms with van der Waals surface area (Å²) in [5.41, 5.74) is 1.83. The molecule has 1 fully saturated rings. The van der Waals surface area contributed by atoms with Crippen LogP contribution in [0, 0.1) is 13.8 Å². The summed E-state index contributed by atoms with van der Waals surface area (Å²) >= 11 is 0. The van der Waals surface area contributed by atoms with Gasteiger partial charge in [-0.05, 0) is 33.2 Å². The summed E-state index contributed by atoms with van der Waals surface area (Å²) < 4.78 is 5.06. The van der Waals surface area contributed by atoms with Crippen molar-refractivity contribution in [2.24, 2.45) is 0 Å². The van der Waals surface area contributed by atoms with E-state index in [1.165, 1.54) is 0 Å². The number of hydrogen-bond acceptors (Lipinski definition) is 4. The van der Waals surface area contributed by atoms with Gasteiger partial charge >= 0.3 is 0 Å². The van der Waals surface area contributed by atoms with Crippen molar-refractivity contribution >= 4 is 5.91 Å². The van der Waals surface area contributed by atoms with Crippen LogP contribution in [0.1, 0.15) is 36.3 Å². The molecule has 0 bridgehead atoms. The highest BCUT2D eigenvalue weighted by molar-refractivity contribution is 5.81. The lowest BCUT2D eigenvalue weighted by Crippen LogP contribution is -2.46. The highest BCUT2D eigenvalue weighted by Gasteiger charge is 2.20. The maximum absolute atomic E-state index is 11.9. The van der Waals surface area contributed by atoms with E-state index in [0.29, 0.717) is 6.54 Å². The minimum absolute atomic E-state index is 0.0378. The fraction of sp³-hybridized carbons (Fsp3) is 0.667. The topological polar surface area (TPSA) is 67.2 Å². The van der Waals surface area contributed by atoms with E-state index in [0.717, 1.165) is 42.8 Å². The second-order valence-corrected chi connectivity index (χ2v) is 4.52. The molecule has 5 nitrogen and oxygen atoms in total. The number of nitrogens with one attached hydrogen (secondary N) is 2. The number of aryl methyl sites for hydroxylation is 2. The lowest BCUT2D eigenvalue weighted by Gasteiger charge is -2.22. The summed E-state index contributed by atoms with van der Waals surface area (Å²) in [4.78, 5) is 11.9. The third-order valence-electron chi connectivity index (χ3n) is 3.25. The number of rotatable bonds is 3. The largest absolute Gasteiger partial charge is 0.361 e. The fourth-order valence-corrected chi connectivity index (χ4v) is 2.13.